The summed E-state index contributed by atoms with van der Waals surface area (Å²) in [6.07, 6.45) is 0. The minimum Gasteiger partial charge on any atom is -0.313 e. The number of benzene rings is 2. The number of nitrogens with one attached hydrogen (secondary N) is 1. The van der Waals surface area contributed by atoms with Crippen molar-refractivity contribution in [3.8, 4) is 11.1 Å². The third-order valence-electron chi connectivity index (χ3n) is 3.11. The molecule has 0 bridgehead atoms. The van der Waals surface area contributed by atoms with Crippen LogP contribution in [0.1, 0.15) is 18.1 Å². The molecule has 3 heteroatoms. The van der Waals surface area contributed by atoms with E-state index >= 15 is 0 Å². The molecule has 100 valence electrons. The van der Waals surface area contributed by atoms with Gasteiger partial charge >= 0.3 is 0 Å². The molecule has 2 aromatic carbocycles. The van der Waals surface area contributed by atoms with Gasteiger partial charge in [-0.25, -0.2) is 8.78 Å². The first-order valence-corrected chi connectivity index (χ1v) is 6.38. The van der Waals surface area contributed by atoms with Gasteiger partial charge in [-0.3, -0.25) is 0 Å². The van der Waals surface area contributed by atoms with Crippen LogP contribution in [0.3, 0.4) is 0 Å². The summed E-state index contributed by atoms with van der Waals surface area (Å²) in [5.74, 6) is -1.01. The molecule has 0 aliphatic rings. The summed E-state index contributed by atoms with van der Waals surface area (Å²) in [6.45, 7) is 5.32. The van der Waals surface area contributed by atoms with Crippen LogP contribution in [0.25, 0.3) is 11.1 Å². The monoisotopic (exact) mass is 261 g/mol. The van der Waals surface area contributed by atoms with Crippen molar-refractivity contribution in [1.82, 2.24) is 5.32 Å². The van der Waals surface area contributed by atoms with E-state index in [2.05, 4.69) is 5.32 Å². The molecule has 0 saturated heterocycles. The molecule has 19 heavy (non-hydrogen) atoms. The maximum absolute atomic E-state index is 14.0. The molecule has 0 aliphatic heterocycles. The Morgan fingerprint density at radius 1 is 1.00 bits per heavy atom. The predicted octanol–water partition coefficient (Wildman–Crippen LogP) is 4.05. The van der Waals surface area contributed by atoms with E-state index in [0.29, 0.717) is 11.1 Å². The molecule has 0 saturated carbocycles. The smallest absolute Gasteiger partial charge is 0.136 e. The van der Waals surface area contributed by atoms with E-state index in [1.165, 1.54) is 12.1 Å². The minimum absolute atomic E-state index is 0.0509. The molecule has 0 unspecified atom stereocenters. The normalized spacial score (nSPS) is 10.7. The van der Waals surface area contributed by atoms with Gasteiger partial charge in [0.1, 0.15) is 11.6 Å². The predicted molar refractivity (Wildman–Crippen MR) is 73.9 cm³/mol. The van der Waals surface area contributed by atoms with Crippen LogP contribution >= 0.6 is 0 Å². The second-order valence-electron chi connectivity index (χ2n) is 4.53. The van der Waals surface area contributed by atoms with Crippen LogP contribution in [-0.2, 0) is 6.54 Å². The van der Waals surface area contributed by atoms with Gasteiger partial charge in [0.2, 0.25) is 0 Å². The SMILES string of the molecule is CCNCc1ccc(-c2c(F)ccc(C)c2F)cc1. The number of hydrogen-bond donors (Lipinski definition) is 1. The van der Waals surface area contributed by atoms with Gasteiger partial charge in [-0.05, 0) is 36.2 Å². The van der Waals surface area contributed by atoms with Crippen molar-refractivity contribution >= 4 is 0 Å². The lowest BCUT2D eigenvalue weighted by atomic mass is 10.0. The topological polar surface area (TPSA) is 12.0 Å². The lowest BCUT2D eigenvalue weighted by Crippen LogP contribution is -2.11. The Morgan fingerprint density at radius 3 is 2.32 bits per heavy atom. The van der Waals surface area contributed by atoms with Crippen LogP contribution in [0.2, 0.25) is 0 Å². The fourth-order valence-electron chi connectivity index (χ4n) is 1.98. The summed E-state index contributed by atoms with van der Waals surface area (Å²) in [5.41, 5.74) is 2.17. The first-order chi connectivity index (χ1) is 9.13. The first-order valence-electron chi connectivity index (χ1n) is 6.38. The molecule has 0 amide bonds. The number of halogens is 2. The molecule has 2 rings (SSSR count). The van der Waals surface area contributed by atoms with Crippen LogP contribution in [0, 0.1) is 18.6 Å². The van der Waals surface area contributed by atoms with E-state index in [-0.39, 0.29) is 5.56 Å². The van der Waals surface area contributed by atoms with Gasteiger partial charge in [0, 0.05) is 6.54 Å². The van der Waals surface area contributed by atoms with E-state index in [0.717, 1.165) is 18.7 Å². The molecular formula is C16H17F2N. The van der Waals surface area contributed by atoms with Crippen molar-refractivity contribution in [1.29, 1.82) is 0 Å². The number of rotatable bonds is 4. The summed E-state index contributed by atoms with van der Waals surface area (Å²) < 4.78 is 27.8. The highest BCUT2D eigenvalue weighted by atomic mass is 19.1. The Kier molecular flexibility index (Phi) is 4.27. The van der Waals surface area contributed by atoms with E-state index in [4.69, 9.17) is 0 Å². The van der Waals surface area contributed by atoms with Gasteiger partial charge in [0.25, 0.3) is 0 Å². The molecule has 1 N–H and O–H groups in total. The highest BCUT2D eigenvalue weighted by Gasteiger charge is 2.13. The summed E-state index contributed by atoms with van der Waals surface area (Å²) in [6, 6.07) is 10.0. The highest BCUT2D eigenvalue weighted by molar-refractivity contribution is 5.66. The lowest BCUT2D eigenvalue weighted by molar-refractivity contribution is 0.584. The van der Waals surface area contributed by atoms with Crippen molar-refractivity contribution in [2.45, 2.75) is 20.4 Å². The number of aryl methyl sites for hydroxylation is 1. The zero-order valence-corrected chi connectivity index (χ0v) is 11.1. The van der Waals surface area contributed by atoms with Crippen LogP contribution < -0.4 is 5.32 Å². The first kappa shape index (κ1) is 13.7. The van der Waals surface area contributed by atoms with Crippen LogP contribution in [0.4, 0.5) is 8.78 Å². The number of hydrogen-bond acceptors (Lipinski definition) is 1. The maximum atomic E-state index is 14.0. The Morgan fingerprint density at radius 2 is 1.68 bits per heavy atom. The second-order valence-corrected chi connectivity index (χ2v) is 4.53. The van der Waals surface area contributed by atoms with Crippen molar-refractivity contribution in [2.75, 3.05) is 6.54 Å². The van der Waals surface area contributed by atoms with Crippen LogP contribution in [0.15, 0.2) is 36.4 Å². The Labute approximate surface area is 112 Å². The summed E-state index contributed by atoms with van der Waals surface area (Å²) in [7, 11) is 0. The van der Waals surface area contributed by atoms with Crippen molar-refractivity contribution in [2.24, 2.45) is 0 Å². The van der Waals surface area contributed by atoms with Crippen molar-refractivity contribution in [3.63, 3.8) is 0 Å². The van der Waals surface area contributed by atoms with E-state index in [9.17, 15) is 8.78 Å². The largest absolute Gasteiger partial charge is 0.313 e. The Bertz CT molecular complexity index is 562. The quantitative estimate of drug-likeness (QED) is 0.875. The van der Waals surface area contributed by atoms with E-state index < -0.39 is 11.6 Å². The molecule has 0 fully saturated rings. The molecule has 0 atom stereocenters. The van der Waals surface area contributed by atoms with E-state index in [1.807, 2.05) is 19.1 Å². The average Bonchev–Trinajstić information content (AvgIpc) is 2.42. The lowest BCUT2D eigenvalue weighted by Gasteiger charge is -2.09. The maximum Gasteiger partial charge on any atom is 0.136 e. The second kappa shape index (κ2) is 5.93. The zero-order valence-electron chi connectivity index (χ0n) is 11.1. The van der Waals surface area contributed by atoms with Gasteiger partial charge in [0.05, 0.1) is 5.56 Å². The molecule has 0 radical (unpaired) electrons. The summed E-state index contributed by atoms with van der Waals surface area (Å²) >= 11 is 0. The molecule has 0 aliphatic carbocycles. The van der Waals surface area contributed by atoms with Gasteiger partial charge in [-0.1, -0.05) is 37.3 Å². The summed E-state index contributed by atoms with van der Waals surface area (Å²) in [4.78, 5) is 0. The van der Waals surface area contributed by atoms with Crippen molar-refractivity contribution in [3.05, 3.63) is 59.2 Å². The van der Waals surface area contributed by atoms with Crippen molar-refractivity contribution < 1.29 is 8.78 Å². The molecule has 1 nitrogen and oxygen atoms in total. The Hall–Kier alpha value is -1.74. The third kappa shape index (κ3) is 2.99. The molecular weight excluding hydrogens is 244 g/mol. The van der Waals surface area contributed by atoms with Crippen LogP contribution in [0.5, 0.6) is 0 Å². The van der Waals surface area contributed by atoms with Gasteiger partial charge in [0.15, 0.2) is 0 Å². The van der Waals surface area contributed by atoms with Gasteiger partial charge in [-0.15, -0.1) is 0 Å². The van der Waals surface area contributed by atoms with Crippen LogP contribution in [-0.4, -0.2) is 6.54 Å². The highest BCUT2D eigenvalue weighted by Crippen LogP contribution is 2.28. The van der Waals surface area contributed by atoms with E-state index in [1.54, 1.807) is 19.1 Å². The summed E-state index contributed by atoms with van der Waals surface area (Å²) in [5, 5.41) is 3.21. The Balaban J connectivity index is 2.35. The molecule has 0 aromatic heterocycles. The van der Waals surface area contributed by atoms with Gasteiger partial charge in [-0.2, -0.15) is 0 Å². The average molecular weight is 261 g/mol. The molecule has 0 heterocycles. The fourth-order valence-corrected chi connectivity index (χ4v) is 1.98. The van der Waals surface area contributed by atoms with Gasteiger partial charge < -0.3 is 5.32 Å². The third-order valence-corrected chi connectivity index (χ3v) is 3.11. The molecule has 2 aromatic rings. The fraction of sp³-hybridized carbons (Fsp3) is 0.250. The molecule has 0 spiro atoms. The zero-order chi connectivity index (χ0) is 13.8. The minimum atomic E-state index is -0.525. The standard InChI is InChI=1S/C16H17F2N/c1-3-19-10-12-5-7-13(8-6-12)15-14(17)9-4-11(2)16(15)18/h4-9,19H,3,10H2,1-2H3.